The standard InChI is InChI=1S/C17H16BrClN2O2S/c1-3-23-15-7-5-11(18)8-13(15)16(22)21-17(24)20-12-6-4-10(2)14(19)9-12/h4-9H,3H2,1-2H3,(H2,20,21,22,24). The van der Waals surface area contributed by atoms with E-state index < -0.39 is 0 Å². The van der Waals surface area contributed by atoms with E-state index in [1.165, 1.54) is 0 Å². The third-order valence-corrected chi connectivity index (χ3v) is 4.25. The third-order valence-electron chi connectivity index (χ3n) is 3.14. The number of benzene rings is 2. The van der Waals surface area contributed by atoms with Gasteiger partial charge in [-0.2, -0.15) is 0 Å². The predicted molar refractivity (Wildman–Crippen MR) is 105 cm³/mol. The fourth-order valence-corrected chi connectivity index (χ4v) is 2.72. The Morgan fingerprint density at radius 3 is 2.71 bits per heavy atom. The Balaban J connectivity index is 2.10. The van der Waals surface area contributed by atoms with Gasteiger partial charge in [-0.25, -0.2) is 0 Å². The van der Waals surface area contributed by atoms with Gasteiger partial charge in [0.15, 0.2) is 5.11 Å². The first kappa shape index (κ1) is 18.7. The highest BCUT2D eigenvalue weighted by Gasteiger charge is 2.14. The van der Waals surface area contributed by atoms with Crippen LogP contribution < -0.4 is 15.4 Å². The van der Waals surface area contributed by atoms with Gasteiger partial charge in [-0.15, -0.1) is 0 Å². The van der Waals surface area contributed by atoms with Crippen LogP contribution in [0.1, 0.15) is 22.8 Å². The van der Waals surface area contributed by atoms with Gasteiger partial charge in [0.2, 0.25) is 0 Å². The van der Waals surface area contributed by atoms with Gasteiger partial charge >= 0.3 is 0 Å². The maximum atomic E-state index is 12.4. The fraction of sp³-hybridized carbons (Fsp3) is 0.176. The van der Waals surface area contributed by atoms with Crippen LogP contribution in [0.2, 0.25) is 5.02 Å². The summed E-state index contributed by atoms with van der Waals surface area (Å²) in [6, 6.07) is 10.7. The van der Waals surface area contributed by atoms with Crippen LogP contribution in [0.4, 0.5) is 5.69 Å². The van der Waals surface area contributed by atoms with E-state index in [0.29, 0.717) is 28.6 Å². The van der Waals surface area contributed by atoms with Crippen molar-refractivity contribution in [2.45, 2.75) is 13.8 Å². The molecular formula is C17H16BrClN2O2S. The number of ether oxygens (including phenoxy) is 1. The van der Waals surface area contributed by atoms with E-state index in [4.69, 9.17) is 28.6 Å². The first-order valence-corrected chi connectivity index (χ1v) is 8.79. The number of nitrogens with one attached hydrogen (secondary N) is 2. The predicted octanol–water partition coefficient (Wildman–Crippen LogP) is 4.94. The van der Waals surface area contributed by atoms with Crippen molar-refractivity contribution in [3.05, 3.63) is 57.0 Å². The van der Waals surface area contributed by atoms with Gasteiger partial charge in [0.25, 0.3) is 5.91 Å². The van der Waals surface area contributed by atoms with Crippen molar-refractivity contribution in [1.29, 1.82) is 0 Å². The van der Waals surface area contributed by atoms with Crippen molar-refractivity contribution in [2.24, 2.45) is 0 Å². The SMILES string of the molecule is CCOc1ccc(Br)cc1C(=O)NC(=S)Nc1ccc(C)c(Cl)c1. The van der Waals surface area contributed by atoms with E-state index in [1.807, 2.05) is 32.0 Å². The fourth-order valence-electron chi connectivity index (χ4n) is 1.96. The van der Waals surface area contributed by atoms with Crippen molar-refractivity contribution >= 4 is 56.5 Å². The molecule has 2 aromatic rings. The monoisotopic (exact) mass is 426 g/mol. The number of halogens is 2. The van der Waals surface area contributed by atoms with E-state index in [2.05, 4.69) is 26.6 Å². The first-order chi connectivity index (χ1) is 11.4. The second-order valence-corrected chi connectivity index (χ2v) is 6.68. The molecule has 0 aliphatic carbocycles. The van der Waals surface area contributed by atoms with Gasteiger partial charge in [-0.1, -0.05) is 33.6 Å². The number of carbonyl (C=O) groups is 1. The summed E-state index contributed by atoms with van der Waals surface area (Å²) in [6.45, 7) is 4.23. The maximum absolute atomic E-state index is 12.4. The highest BCUT2D eigenvalue weighted by atomic mass is 79.9. The van der Waals surface area contributed by atoms with Crippen LogP contribution in [-0.2, 0) is 0 Å². The van der Waals surface area contributed by atoms with Crippen LogP contribution in [0.15, 0.2) is 40.9 Å². The third kappa shape index (κ3) is 4.93. The zero-order chi connectivity index (χ0) is 17.7. The Labute approximate surface area is 159 Å². The van der Waals surface area contributed by atoms with Gasteiger partial charge in [-0.05, 0) is 62.0 Å². The summed E-state index contributed by atoms with van der Waals surface area (Å²) in [5, 5.41) is 6.39. The zero-order valence-corrected chi connectivity index (χ0v) is 16.3. The number of thiocarbonyl (C=S) groups is 1. The topological polar surface area (TPSA) is 50.4 Å². The molecule has 2 aromatic carbocycles. The van der Waals surface area contributed by atoms with E-state index in [9.17, 15) is 4.79 Å². The lowest BCUT2D eigenvalue weighted by Gasteiger charge is -2.13. The van der Waals surface area contributed by atoms with E-state index in [-0.39, 0.29) is 11.0 Å². The lowest BCUT2D eigenvalue weighted by atomic mass is 10.2. The number of hydrogen-bond donors (Lipinski definition) is 2. The number of rotatable bonds is 4. The Hall–Kier alpha value is -1.63. The largest absolute Gasteiger partial charge is 0.493 e. The molecule has 2 rings (SSSR count). The lowest BCUT2D eigenvalue weighted by Crippen LogP contribution is -2.34. The van der Waals surface area contributed by atoms with Crippen LogP contribution in [0.25, 0.3) is 0 Å². The second kappa shape index (κ2) is 8.46. The highest BCUT2D eigenvalue weighted by molar-refractivity contribution is 9.10. The maximum Gasteiger partial charge on any atom is 0.261 e. The summed E-state index contributed by atoms with van der Waals surface area (Å²) in [6.07, 6.45) is 0. The summed E-state index contributed by atoms with van der Waals surface area (Å²) in [5.41, 5.74) is 2.07. The minimum absolute atomic E-state index is 0.183. The molecule has 0 aliphatic heterocycles. The summed E-state index contributed by atoms with van der Waals surface area (Å²) in [5.74, 6) is 0.148. The van der Waals surface area contributed by atoms with Gasteiger partial charge in [0, 0.05) is 15.2 Å². The minimum Gasteiger partial charge on any atom is -0.493 e. The number of carbonyl (C=O) groups excluding carboxylic acids is 1. The Morgan fingerprint density at radius 1 is 1.29 bits per heavy atom. The Bertz CT molecular complexity index is 783. The number of aryl methyl sites for hydroxylation is 1. The van der Waals surface area contributed by atoms with Gasteiger partial charge < -0.3 is 10.1 Å². The van der Waals surface area contributed by atoms with E-state index >= 15 is 0 Å². The second-order valence-electron chi connectivity index (χ2n) is 4.95. The van der Waals surface area contributed by atoms with E-state index in [1.54, 1.807) is 18.2 Å². The summed E-state index contributed by atoms with van der Waals surface area (Å²) >= 11 is 14.6. The summed E-state index contributed by atoms with van der Waals surface area (Å²) < 4.78 is 6.26. The van der Waals surface area contributed by atoms with Crippen LogP contribution in [0.3, 0.4) is 0 Å². The summed E-state index contributed by atoms with van der Waals surface area (Å²) in [7, 11) is 0. The molecule has 0 aromatic heterocycles. The molecule has 24 heavy (non-hydrogen) atoms. The molecule has 0 unspecified atom stereocenters. The molecule has 0 atom stereocenters. The molecule has 4 nitrogen and oxygen atoms in total. The average molecular weight is 428 g/mol. The molecule has 0 radical (unpaired) electrons. The molecule has 0 aliphatic rings. The van der Waals surface area contributed by atoms with Crippen LogP contribution in [-0.4, -0.2) is 17.6 Å². The summed E-state index contributed by atoms with van der Waals surface area (Å²) in [4.78, 5) is 12.4. The van der Waals surface area contributed by atoms with Crippen molar-refractivity contribution in [2.75, 3.05) is 11.9 Å². The molecule has 0 bridgehead atoms. The highest BCUT2D eigenvalue weighted by Crippen LogP contribution is 2.23. The molecule has 1 amide bonds. The first-order valence-electron chi connectivity index (χ1n) is 7.21. The molecular weight excluding hydrogens is 412 g/mol. The molecule has 0 fully saturated rings. The zero-order valence-electron chi connectivity index (χ0n) is 13.2. The smallest absolute Gasteiger partial charge is 0.261 e. The Morgan fingerprint density at radius 2 is 2.04 bits per heavy atom. The van der Waals surface area contributed by atoms with Crippen LogP contribution >= 0.6 is 39.7 Å². The van der Waals surface area contributed by atoms with Gasteiger partial charge in [-0.3, -0.25) is 10.1 Å². The quantitative estimate of drug-likeness (QED) is 0.679. The van der Waals surface area contributed by atoms with Crippen LogP contribution in [0, 0.1) is 6.92 Å². The average Bonchev–Trinajstić information content (AvgIpc) is 2.52. The van der Waals surface area contributed by atoms with Crippen molar-refractivity contribution in [1.82, 2.24) is 5.32 Å². The lowest BCUT2D eigenvalue weighted by molar-refractivity contribution is 0.0974. The normalized spacial score (nSPS) is 10.2. The van der Waals surface area contributed by atoms with Gasteiger partial charge in [0.05, 0.1) is 12.2 Å². The van der Waals surface area contributed by atoms with Crippen LogP contribution in [0.5, 0.6) is 5.75 Å². The molecule has 0 spiro atoms. The van der Waals surface area contributed by atoms with Gasteiger partial charge in [0.1, 0.15) is 5.75 Å². The van der Waals surface area contributed by atoms with Crippen molar-refractivity contribution < 1.29 is 9.53 Å². The molecule has 0 saturated heterocycles. The molecule has 7 heteroatoms. The number of anilines is 1. The van der Waals surface area contributed by atoms with Crippen molar-refractivity contribution in [3.63, 3.8) is 0 Å². The number of hydrogen-bond acceptors (Lipinski definition) is 3. The molecule has 126 valence electrons. The molecule has 0 saturated carbocycles. The molecule has 2 N–H and O–H groups in total. The van der Waals surface area contributed by atoms with Crippen molar-refractivity contribution in [3.8, 4) is 5.75 Å². The molecule has 0 heterocycles. The Kier molecular flexibility index (Phi) is 6.60. The van der Waals surface area contributed by atoms with E-state index in [0.717, 1.165) is 10.0 Å². The minimum atomic E-state index is -0.351. The number of amides is 1.